The van der Waals surface area contributed by atoms with Crippen molar-refractivity contribution in [1.29, 1.82) is 0 Å². The quantitative estimate of drug-likeness (QED) is 0.567. The van der Waals surface area contributed by atoms with Crippen molar-refractivity contribution in [2.24, 2.45) is 0 Å². The van der Waals surface area contributed by atoms with E-state index < -0.39 is 22.7 Å². The zero-order valence-corrected chi connectivity index (χ0v) is 6.52. The second kappa shape index (κ2) is 3.14. The highest BCUT2D eigenvalue weighted by Gasteiger charge is 2.14. The van der Waals surface area contributed by atoms with E-state index in [0.717, 1.165) is 6.07 Å². The first-order chi connectivity index (χ1) is 6.04. The SMILES string of the molecule is Nc1cccc(=O)c(C(=O)O)c1O. The molecule has 0 amide bonds. The van der Waals surface area contributed by atoms with Crippen molar-refractivity contribution in [2.45, 2.75) is 0 Å². The maximum absolute atomic E-state index is 11.0. The van der Waals surface area contributed by atoms with Gasteiger partial charge in [-0.3, -0.25) is 4.79 Å². The average Bonchev–Trinajstić information content (AvgIpc) is 2.13. The second-order valence-electron chi connectivity index (χ2n) is 2.37. The normalized spacial score (nSPS) is 9.54. The fourth-order valence-corrected chi connectivity index (χ4v) is 0.869. The van der Waals surface area contributed by atoms with Crippen molar-refractivity contribution in [3.8, 4) is 5.75 Å². The van der Waals surface area contributed by atoms with Gasteiger partial charge < -0.3 is 15.9 Å². The summed E-state index contributed by atoms with van der Waals surface area (Å²) in [5.74, 6) is -2.19. The van der Waals surface area contributed by atoms with Crippen LogP contribution in [0.25, 0.3) is 0 Å². The number of nitrogen functional groups attached to an aromatic ring is 1. The maximum atomic E-state index is 11.0. The fourth-order valence-electron chi connectivity index (χ4n) is 0.869. The predicted octanol–water partition coefficient (Wildman–Crippen LogP) is 0.0328. The largest absolute Gasteiger partial charge is 0.505 e. The fraction of sp³-hybridized carbons (Fsp3) is 0. The van der Waals surface area contributed by atoms with Crippen LogP contribution < -0.4 is 11.2 Å². The van der Waals surface area contributed by atoms with Crippen LogP contribution in [0.1, 0.15) is 10.4 Å². The topological polar surface area (TPSA) is 101 Å². The third kappa shape index (κ3) is 1.58. The van der Waals surface area contributed by atoms with E-state index in [2.05, 4.69) is 0 Å². The van der Waals surface area contributed by atoms with E-state index in [1.807, 2.05) is 0 Å². The number of carbonyl (C=O) groups is 1. The standard InChI is InChI=1S/C8H7NO4/c9-4-2-1-3-5(10)6(7(4)11)8(12)13/h1-3,11H,9H2,(H,12,13). The number of hydrogen-bond acceptors (Lipinski definition) is 4. The van der Waals surface area contributed by atoms with Crippen LogP contribution in [0.3, 0.4) is 0 Å². The molecule has 68 valence electrons. The molecule has 13 heavy (non-hydrogen) atoms. The summed E-state index contributed by atoms with van der Waals surface area (Å²) < 4.78 is 0. The van der Waals surface area contributed by atoms with E-state index in [1.165, 1.54) is 12.1 Å². The summed E-state index contributed by atoms with van der Waals surface area (Å²) >= 11 is 0. The van der Waals surface area contributed by atoms with Crippen LogP contribution in [-0.2, 0) is 0 Å². The van der Waals surface area contributed by atoms with Crippen molar-refractivity contribution < 1.29 is 15.0 Å². The number of nitrogens with two attached hydrogens (primary N) is 1. The van der Waals surface area contributed by atoms with Crippen LogP contribution in [0.15, 0.2) is 23.0 Å². The van der Waals surface area contributed by atoms with Crippen molar-refractivity contribution in [3.05, 3.63) is 34.0 Å². The summed E-state index contributed by atoms with van der Waals surface area (Å²) in [4.78, 5) is 21.6. The molecule has 0 radical (unpaired) electrons. The number of aromatic carboxylic acids is 1. The summed E-state index contributed by atoms with van der Waals surface area (Å²) in [6.07, 6.45) is 0. The lowest BCUT2D eigenvalue weighted by molar-refractivity contribution is 0.0692. The summed E-state index contributed by atoms with van der Waals surface area (Å²) in [6, 6.07) is 3.56. The number of rotatable bonds is 1. The Balaban J connectivity index is 3.68. The van der Waals surface area contributed by atoms with Gasteiger partial charge in [0, 0.05) is 0 Å². The van der Waals surface area contributed by atoms with Gasteiger partial charge in [-0.15, -0.1) is 0 Å². The first-order valence-corrected chi connectivity index (χ1v) is 3.39. The van der Waals surface area contributed by atoms with E-state index in [4.69, 9.17) is 10.8 Å². The molecule has 0 unspecified atom stereocenters. The van der Waals surface area contributed by atoms with E-state index in [1.54, 1.807) is 0 Å². The summed E-state index contributed by atoms with van der Waals surface area (Å²) in [5, 5.41) is 17.8. The third-order valence-electron chi connectivity index (χ3n) is 1.49. The van der Waals surface area contributed by atoms with Crippen LogP contribution in [0.2, 0.25) is 0 Å². The minimum Gasteiger partial charge on any atom is -0.505 e. The molecule has 1 aromatic carbocycles. The lowest BCUT2D eigenvalue weighted by atomic mass is 10.2. The molecule has 0 aromatic heterocycles. The van der Waals surface area contributed by atoms with Gasteiger partial charge in [0.2, 0.25) is 0 Å². The minimum atomic E-state index is -1.50. The summed E-state index contributed by atoms with van der Waals surface area (Å²) in [6.45, 7) is 0. The van der Waals surface area contributed by atoms with Crippen molar-refractivity contribution in [1.82, 2.24) is 0 Å². The second-order valence-corrected chi connectivity index (χ2v) is 2.37. The number of anilines is 1. The van der Waals surface area contributed by atoms with Gasteiger partial charge in [0.1, 0.15) is 0 Å². The molecule has 5 nitrogen and oxygen atoms in total. The molecule has 0 saturated carbocycles. The molecule has 1 aromatic rings. The van der Waals surface area contributed by atoms with Crippen molar-refractivity contribution in [3.63, 3.8) is 0 Å². The Hall–Kier alpha value is -2.04. The molecule has 1 rings (SSSR count). The van der Waals surface area contributed by atoms with E-state index in [-0.39, 0.29) is 5.69 Å². The average molecular weight is 181 g/mol. The van der Waals surface area contributed by atoms with Crippen LogP contribution in [-0.4, -0.2) is 16.2 Å². The molecule has 0 atom stereocenters. The third-order valence-corrected chi connectivity index (χ3v) is 1.49. The zero-order chi connectivity index (χ0) is 10.0. The number of carboxylic acids is 1. The van der Waals surface area contributed by atoms with Crippen molar-refractivity contribution in [2.75, 3.05) is 5.73 Å². The predicted molar refractivity (Wildman–Crippen MR) is 45.7 cm³/mol. The number of hydrogen-bond donors (Lipinski definition) is 3. The lowest BCUT2D eigenvalue weighted by Gasteiger charge is -1.94. The zero-order valence-electron chi connectivity index (χ0n) is 6.52. The van der Waals surface area contributed by atoms with Crippen LogP contribution in [0.5, 0.6) is 5.75 Å². The maximum Gasteiger partial charge on any atom is 0.343 e. The Morgan fingerprint density at radius 1 is 1.38 bits per heavy atom. The molecule has 0 fully saturated rings. The van der Waals surface area contributed by atoms with Gasteiger partial charge in [-0.05, 0) is 12.1 Å². The Bertz CT molecular complexity index is 413. The smallest absolute Gasteiger partial charge is 0.343 e. The highest BCUT2D eigenvalue weighted by Crippen LogP contribution is 2.19. The summed E-state index contributed by atoms with van der Waals surface area (Å²) in [7, 11) is 0. The molecule has 0 aliphatic carbocycles. The Morgan fingerprint density at radius 3 is 2.54 bits per heavy atom. The highest BCUT2D eigenvalue weighted by atomic mass is 16.4. The molecule has 0 aliphatic heterocycles. The van der Waals surface area contributed by atoms with Crippen LogP contribution in [0.4, 0.5) is 5.69 Å². The molecular weight excluding hydrogens is 174 g/mol. The van der Waals surface area contributed by atoms with Gasteiger partial charge in [0.15, 0.2) is 16.7 Å². The molecule has 0 bridgehead atoms. The van der Waals surface area contributed by atoms with E-state index in [9.17, 15) is 14.7 Å². The first-order valence-electron chi connectivity index (χ1n) is 3.39. The van der Waals surface area contributed by atoms with Gasteiger partial charge in [-0.2, -0.15) is 0 Å². The van der Waals surface area contributed by atoms with Crippen molar-refractivity contribution >= 4 is 11.7 Å². The minimum absolute atomic E-state index is 0.139. The molecule has 4 N–H and O–H groups in total. The Labute approximate surface area is 73.1 Å². The van der Waals surface area contributed by atoms with E-state index >= 15 is 0 Å². The molecule has 0 saturated heterocycles. The molecule has 0 spiro atoms. The Kier molecular flexibility index (Phi) is 2.19. The first kappa shape index (κ1) is 9.05. The Morgan fingerprint density at radius 2 is 2.00 bits per heavy atom. The molecule has 5 heteroatoms. The lowest BCUT2D eigenvalue weighted by Crippen LogP contribution is -2.11. The van der Waals surface area contributed by atoms with Gasteiger partial charge in [-0.1, -0.05) is 6.07 Å². The van der Waals surface area contributed by atoms with E-state index in [0.29, 0.717) is 0 Å². The van der Waals surface area contributed by atoms with Crippen LogP contribution in [0, 0.1) is 0 Å². The molecule has 0 aliphatic rings. The number of carboxylic acid groups (broad SMARTS) is 1. The highest BCUT2D eigenvalue weighted by molar-refractivity contribution is 5.92. The van der Waals surface area contributed by atoms with Gasteiger partial charge in [0.05, 0.1) is 5.69 Å². The van der Waals surface area contributed by atoms with Crippen LogP contribution >= 0.6 is 0 Å². The van der Waals surface area contributed by atoms with Gasteiger partial charge >= 0.3 is 5.97 Å². The van der Waals surface area contributed by atoms with Gasteiger partial charge in [-0.25, -0.2) is 4.79 Å². The van der Waals surface area contributed by atoms with Gasteiger partial charge in [0.25, 0.3) is 0 Å². The molecular formula is C8H7NO4. The number of aromatic hydroxyl groups is 1. The monoisotopic (exact) mass is 181 g/mol. The molecule has 0 heterocycles. The summed E-state index contributed by atoms with van der Waals surface area (Å²) in [5.41, 5.74) is 3.63.